The zero-order valence-corrected chi connectivity index (χ0v) is 12.0. The van der Waals surface area contributed by atoms with Crippen molar-refractivity contribution in [1.82, 2.24) is 4.90 Å². The molecular weight excluding hydrogens is 240 g/mol. The van der Waals surface area contributed by atoms with Gasteiger partial charge in [-0.05, 0) is 26.8 Å². The van der Waals surface area contributed by atoms with E-state index >= 15 is 0 Å². The zero-order valence-electron chi connectivity index (χ0n) is 12.0. The Labute approximate surface area is 115 Å². The third kappa shape index (κ3) is 3.26. The van der Waals surface area contributed by atoms with Gasteiger partial charge in [0.15, 0.2) is 0 Å². The fraction of sp³-hybridized carbons (Fsp3) is 0.600. The second-order valence-electron chi connectivity index (χ2n) is 5.50. The highest BCUT2D eigenvalue weighted by molar-refractivity contribution is 5.37. The van der Waals surface area contributed by atoms with Gasteiger partial charge in [0.1, 0.15) is 5.75 Å². The van der Waals surface area contributed by atoms with Crippen LogP contribution < -0.4 is 5.73 Å². The Morgan fingerprint density at radius 3 is 2.84 bits per heavy atom. The van der Waals surface area contributed by atoms with Gasteiger partial charge < -0.3 is 15.6 Å². The predicted molar refractivity (Wildman–Crippen MR) is 76.2 cm³/mol. The van der Waals surface area contributed by atoms with Crippen molar-refractivity contribution in [3.63, 3.8) is 0 Å². The minimum atomic E-state index is 0.0288. The third-order valence-corrected chi connectivity index (χ3v) is 3.89. The Morgan fingerprint density at radius 2 is 2.16 bits per heavy atom. The number of phenolic OH excluding ortho intramolecular Hbond substituents is 1. The maximum atomic E-state index is 10.0. The fourth-order valence-electron chi connectivity index (χ4n) is 2.57. The molecule has 3 atom stereocenters. The summed E-state index contributed by atoms with van der Waals surface area (Å²) in [5.41, 5.74) is 8.06. The van der Waals surface area contributed by atoms with Crippen LogP contribution in [0.2, 0.25) is 0 Å². The lowest BCUT2D eigenvalue weighted by molar-refractivity contribution is -0.0500. The molecule has 1 aromatic rings. The summed E-state index contributed by atoms with van der Waals surface area (Å²) in [6.07, 6.45) is 0.0724. The lowest BCUT2D eigenvalue weighted by Crippen LogP contribution is -2.50. The van der Waals surface area contributed by atoms with Crippen molar-refractivity contribution >= 4 is 0 Å². The molecule has 1 fully saturated rings. The van der Waals surface area contributed by atoms with Crippen LogP contribution in [0, 0.1) is 6.92 Å². The topological polar surface area (TPSA) is 58.7 Å². The van der Waals surface area contributed by atoms with Gasteiger partial charge in [0.25, 0.3) is 0 Å². The number of aryl methyl sites for hydroxylation is 1. The van der Waals surface area contributed by atoms with Crippen LogP contribution >= 0.6 is 0 Å². The van der Waals surface area contributed by atoms with Crippen LogP contribution in [0.3, 0.4) is 0 Å². The number of nitrogens with zero attached hydrogens (tertiary/aromatic N) is 1. The fourth-order valence-corrected chi connectivity index (χ4v) is 2.57. The molecule has 0 spiro atoms. The van der Waals surface area contributed by atoms with Gasteiger partial charge in [-0.25, -0.2) is 0 Å². The molecule has 1 saturated heterocycles. The summed E-state index contributed by atoms with van der Waals surface area (Å²) in [4.78, 5) is 2.33. The molecule has 1 aliphatic rings. The number of aromatic hydroxyl groups is 1. The summed E-state index contributed by atoms with van der Waals surface area (Å²) < 4.78 is 5.68. The number of nitrogens with two attached hydrogens (primary N) is 1. The van der Waals surface area contributed by atoms with E-state index in [1.165, 1.54) is 0 Å². The average molecular weight is 264 g/mol. The molecule has 3 N–H and O–H groups in total. The van der Waals surface area contributed by atoms with Crippen molar-refractivity contribution in [2.45, 2.75) is 39.0 Å². The normalized spacial score (nSPS) is 24.1. The number of rotatable bonds is 3. The highest BCUT2D eigenvalue weighted by atomic mass is 16.5. The second kappa shape index (κ2) is 5.90. The van der Waals surface area contributed by atoms with E-state index in [0.717, 1.165) is 24.2 Å². The van der Waals surface area contributed by atoms with E-state index in [4.69, 9.17) is 10.5 Å². The Morgan fingerprint density at radius 1 is 1.42 bits per heavy atom. The summed E-state index contributed by atoms with van der Waals surface area (Å²) in [5, 5.41) is 10.0. The summed E-state index contributed by atoms with van der Waals surface area (Å²) in [7, 11) is 0. The van der Waals surface area contributed by atoms with Crippen LogP contribution in [0.15, 0.2) is 18.2 Å². The van der Waals surface area contributed by atoms with E-state index in [1.807, 2.05) is 19.9 Å². The molecule has 0 radical (unpaired) electrons. The number of benzene rings is 1. The highest BCUT2D eigenvalue weighted by Gasteiger charge is 2.27. The Bertz CT molecular complexity index is 434. The number of phenols is 1. The van der Waals surface area contributed by atoms with Crippen LogP contribution in [0.1, 0.15) is 31.0 Å². The maximum absolute atomic E-state index is 10.0. The molecule has 0 saturated carbocycles. The van der Waals surface area contributed by atoms with E-state index in [1.54, 1.807) is 6.07 Å². The van der Waals surface area contributed by atoms with E-state index < -0.39 is 0 Å². The average Bonchev–Trinajstić information content (AvgIpc) is 2.41. The van der Waals surface area contributed by atoms with Crippen LogP contribution in [-0.4, -0.2) is 41.8 Å². The molecule has 4 heteroatoms. The highest BCUT2D eigenvalue weighted by Crippen LogP contribution is 2.30. The first kappa shape index (κ1) is 14.3. The summed E-state index contributed by atoms with van der Waals surface area (Å²) in [6, 6.07) is 5.95. The molecule has 3 unspecified atom stereocenters. The quantitative estimate of drug-likeness (QED) is 0.874. The molecule has 1 aliphatic heterocycles. The first-order valence-electron chi connectivity index (χ1n) is 6.89. The molecule has 2 rings (SSSR count). The number of morpholine rings is 1. The molecule has 106 valence electrons. The van der Waals surface area contributed by atoms with Crippen molar-refractivity contribution in [1.29, 1.82) is 0 Å². The number of hydrogen-bond acceptors (Lipinski definition) is 4. The monoisotopic (exact) mass is 264 g/mol. The lowest BCUT2D eigenvalue weighted by Gasteiger charge is -2.38. The van der Waals surface area contributed by atoms with Crippen LogP contribution in [0.5, 0.6) is 5.75 Å². The molecule has 0 amide bonds. The SMILES string of the molecule is Cc1ccc(O)c(C(C)N2CCOC(C(C)N)C2)c1. The van der Waals surface area contributed by atoms with Gasteiger partial charge in [0.05, 0.1) is 12.7 Å². The van der Waals surface area contributed by atoms with Crippen molar-refractivity contribution in [3.05, 3.63) is 29.3 Å². The third-order valence-electron chi connectivity index (χ3n) is 3.89. The summed E-state index contributed by atoms with van der Waals surface area (Å²) in [5.74, 6) is 0.363. The summed E-state index contributed by atoms with van der Waals surface area (Å²) in [6.45, 7) is 8.52. The van der Waals surface area contributed by atoms with Gasteiger partial charge in [-0.15, -0.1) is 0 Å². The molecule has 0 aromatic heterocycles. The zero-order chi connectivity index (χ0) is 14.0. The number of ether oxygens (including phenoxy) is 1. The number of hydrogen-bond donors (Lipinski definition) is 2. The van der Waals surface area contributed by atoms with Crippen molar-refractivity contribution in [3.8, 4) is 5.75 Å². The molecule has 4 nitrogen and oxygen atoms in total. The molecule has 0 aliphatic carbocycles. The van der Waals surface area contributed by atoms with E-state index in [2.05, 4.69) is 17.9 Å². The van der Waals surface area contributed by atoms with Gasteiger partial charge in [-0.1, -0.05) is 17.7 Å². The molecule has 0 bridgehead atoms. The lowest BCUT2D eigenvalue weighted by atomic mass is 10.0. The van der Waals surface area contributed by atoms with E-state index in [9.17, 15) is 5.11 Å². The Kier molecular flexibility index (Phi) is 4.45. The Hall–Kier alpha value is -1.10. The molecular formula is C15H24N2O2. The van der Waals surface area contributed by atoms with Crippen molar-refractivity contribution in [2.75, 3.05) is 19.7 Å². The van der Waals surface area contributed by atoms with Crippen molar-refractivity contribution in [2.24, 2.45) is 5.73 Å². The minimum absolute atomic E-state index is 0.0288. The van der Waals surface area contributed by atoms with E-state index in [0.29, 0.717) is 12.4 Å². The van der Waals surface area contributed by atoms with Gasteiger partial charge >= 0.3 is 0 Å². The molecule has 19 heavy (non-hydrogen) atoms. The Balaban J connectivity index is 2.14. The van der Waals surface area contributed by atoms with Crippen molar-refractivity contribution < 1.29 is 9.84 Å². The van der Waals surface area contributed by atoms with Gasteiger partial charge in [-0.3, -0.25) is 4.90 Å². The first-order valence-corrected chi connectivity index (χ1v) is 6.89. The van der Waals surface area contributed by atoms with Gasteiger partial charge in [0, 0.05) is 30.7 Å². The second-order valence-corrected chi connectivity index (χ2v) is 5.50. The summed E-state index contributed by atoms with van der Waals surface area (Å²) >= 11 is 0. The van der Waals surface area contributed by atoms with Gasteiger partial charge in [0.2, 0.25) is 0 Å². The standard InChI is InChI=1S/C15H24N2O2/c1-10-4-5-14(18)13(8-10)12(3)17-6-7-19-15(9-17)11(2)16/h4-5,8,11-12,15,18H,6-7,9,16H2,1-3H3. The van der Waals surface area contributed by atoms with Crippen LogP contribution in [0.25, 0.3) is 0 Å². The first-order chi connectivity index (χ1) is 8.99. The predicted octanol–water partition coefficient (Wildman–Crippen LogP) is 1.81. The van der Waals surface area contributed by atoms with Gasteiger partial charge in [-0.2, -0.15) is 0 Å². The molecule has 1 heterocycles. The minimum Gasteiger partial charge on any atom is -0.508 e. The van der Waals surface area contributed by atoms with Crippen LogP contribution in [-0.2, 0) is 4.74 Å². The van der Waals surface area contributed by atoms with E-state index in [-0.39, 0.29) is 18.2 Å². The maximum Gasteiger partial charge on any atom is 0.120 e. The van der Waals surface area contributed by atoms with Crippen LogP contribution in [0.4, 0.5) is 0 Å². The molecule has 1 aromatic carbocycles. The smallest absolute Gasteiger partial charge is 0.120 e. The largest absolute Gasteiger partial charge is 0.508 e.